The highest BCUT2D eigenvalue weighted by molar-refractivity contribution is 6.74. The second-order valence-corrected chi connectivity index (χ2v) is 13.2. The minimum Gasteiger partial charge on any atom is -0.414 e. The lowest BCUT2D eigenvalue weighted by atomic mass is 10.1. The maximum absolute atomic E-state index is 8.64. The molecule has 0 amide bonds. The molecule has 0 rings (SSSR count). The van der Waals surface area contributed by atoms with Gasteiger partial charge in [0.1, 0.15) is 0 Å². The molecular formula is C20H42O2Si. The van der Waals surface area contributed by atoms with Crippen LogP contribution in [0.25, 0.3) is 0 Å². The molecule has 0 aliphatic carbocycles. The molecule has 0 aromatic heterocycles. The van der Waals surface area contributed by atoms with Crippen molar-refractivity contribution in [1.82, 2.24) is 0 Å². The summed E-state index contributed by atoms with van der Waals surface area (Å²) in [7, 11) is -1.59. The molecule has 0 fully saturated rings. The first-order valence-corrected chi connectivity index (χ1v) is 12.5. The van der Waals surface area contributed by atoms with Crippen LogP contribution >= 0.6 is 0 Å². The lowest BCUT2D eigenvalue weighted by Crippen LogP contribution is -2.43. The molecule has 0 saturated heterocycles. The van der Waals surface area contributed by atoms with Gasteiger partial charge in [-0.25, -0.2) is 0 Å². The Morgan fingerprint density at radius 1 is 0.913 bits per heavy atom. The Hall–Kier alpha value is -0.123. The number of hydrogen-bond donors (Lipinski definition) is 1. The third kappa shape index (κ3) is 12.0. The molecule has 3 heteroatoms. The Bertz CT molecular complexity index is 305. The van der Waals surface area contributed by atoms with Gasteiger partial charge >= 0.3 is 0 Å². The van der Waals surface area contributed by atoms with Gasteiger partial charge in [0.25, 0.3) is 0 Å². The summed E-state index contributed by atoms with van der Waals surface area (Å²) in [6.45, 7) is 14.1. The summed E-state index contributed by atoms with van der Waals surface area (Å²) in [6.07, 6.45) is 16.0. The zero-order valence-electron chi connectivity index (χ0n) is 16.7. The van der Waals surface area contributed by atoms with Crippen LogP contribution < -0.4 is 0 Å². The SMILES string of the molecule is C[C@H](CCCCCCCCC/C=C/CO)O[Si](C)(C)C(C)(C)C. The van der Waals surface area contributed by atoms with Gasteiger partial charge in [-0.1, -0.05) is 71.4 Å². The Labute approximate surface area is 146 Å². The Balaban J connectivity index is 3.53. The highest BCUT2D eigenvalue weighted by atomic mass is 28.4. The molecule has 1 N–H and O–H groups in total. The van der Waals surface area contributed by atoms with Crippen molar-refractivity contribution in [2.75, 3.05) is 6.61 Å². The van der Waals surface area contributed by atoms with E-state index in [-0.39, 0.29) is 6.61 Å². The number of unbranched alkanes of at least 4 members (excludes halogenated alkanes) is 7. The molecular weight excluding hydrogens is 300 g/mol. The van der Waals surface area contributed by atoms with Gasteiger partial charge in [0, 0.05) is 6.10 Å². The largest absolute Gasteiger partial charge is 0.414 e. The summed E-state index contributed by atoms with van der Waals surface area (Å²) in [5, 5.41) is 8.95. The van der Waals surface area contributed by atoms with E-state index >= 15 is 0 Å². The molecule has 0 aromatic rings. The maximum Gasteiger partial charge on any atom is 0.192 e. The molecule has 0 aromatic carbocycles. The Morgan fingerprint density at radius 3 is 1.96 bits per heavy atom. The third-order valence-corrected chi connectivity index (χ3v) is 9.66. The van der Waals surface area contributed by atoms with Gasteiger partial charge in [-0.2, -0.15) is 0 Å². The van der Waals surface area contributed by atoms with Crippen molar-refractivity contribution in [2.45, 2.75) is 110 Å². The van der Waals surface area contributed by atoms with E-state index in [4.69, 9.17) is 9.53 Å². The molecule has 23 heavy (non-hydrogen) atoms. The molecule has 0 radical (unpaired) electrons. The molecule has 1 atom stereocenters. The zero-order chi connectivity index (χ0) is 17.8. The minimum atomic E-state index is -1.59. The van der Waals surface area contributed by atoms with Gasteiger partial charge in [-0.3, -0.25) is 0 Å². The maximum atomic E-state index is 8.64. The first-order valence-electron chi connectivity index (χ1n) is 9.64. The molecule has 0 unspecified atom stereocenters. The molecule has 0 spiro atoms. The van der Waals surface area contributed by atoms with E-state index in [2.05, 4.69) is 46.9 Å². The molecule has 0 aliphatic heterocycles. The number of rotatable bonds is 13. The summed E-state index contributed by atoms with van der Waals surface area (Å²) in [5.74, 6) is 0. The van der Waals surface area contributed by atoms with Crippen molar-refractivity contribution in [3.8, 4) is 0 Å². The van der Waals surface area contributed by atoms with Crippen LogP contribution in [0.4, 0.5) is 0 Å². The summed E-state index contributed by atoms with van der Waals surface area (Å²) in [5.41, 5.74) is 0. The Morgan fingerprint density at radius 2 is 1.43 bits per heavy atom. The van der Waals surface area contributed by atoms with Crippen LogP contribution in [0.1, 0.15) is 85.5 Å². The number of allylic oxidation sites excluding steroid dienone is 1. The lowest BCUT2D eigenvalue weighted by Gasteiger charge is -2.38. The monoisotopic (exact) mass is 342 g/mol. The molecule has 138 valence electrons. The van der Waals surface area contributed by atoms with Gasteiger partial charge < -0.3 is 9.53 Å². The van der Waals surface area contributed by atoms with Crippen LogP contribution in [0.2, 0.25) is 18.1 Å². The number of aliphatic hydroxyl groups is 1. The van der Waals surface area contributed by atoms with E-state index < -0.39 is 8.32 Å². The van der Waals surface area contributed by atoms with Gasteiger partial charge in [-0.05, 0) is 44.3 Å². The normalized spacial score (nSPS) is 14.6. The minimum absolute atomic E-state index is 0.178. The van der Waals surface area contributed by atoms with Crippen molar-refractivity contribution in [2.24, 2.45) is 0 Å². The van der Waals surface area contributed by atoms with Gasteiger partial charge in [0.05, 0.1) is 6.61 Å². The van der Waals surface area contributed by atoms with Crippen molar-refractivity contribution < 1.29 is 9.53 Å². The molecule has 0 bridgehead atoms. The lowest BCUT2D eigenvalue weighted by molar-refractivity contribution is 0.185. The van der Waals surface area contributed by atoms with Crippen molar-refractivity contribution in [3.63, 3.8) is 0 Å². The smallest absolute Gasteiger partial charge is 0.192 e. The Kier molecular flexibility index (Phi) is 12.2. The van der Waals surface area contributed by atoms with Crippen molar-refractivity contribution in [3.05, 3.63) is 12.2 Å². The highest BCUT2D eigenvalue weighted by Gasteiger charge is 2.38. The van der Waals surface area contributed by atoms with Gasteiger partial charge in [0.2, 0.25) is 0 Å². The second-order valence-electron chi connectivity index (χ2n) is 8.39. The van der Waals surface area contributed by atoms with E-state index in [0.717, 1.165) is 6.42 Å². The molecule has 0 saturated carbocycles. The van der Waals surface area contributed by atoms with Gasteiger partial charge in [0.15, 0.2) is 8.32 Å². The molecule has 0 heterocycles. The van der Waals surface area contributed by atoms with Gasteiger partial charge in [-0.15, -0.1) is 0 Å². The van der Waals surface area contributed by atoms with E-state index in [1.807, 2.05) is 6.08 Å². The second kappa shape index (κ2) is 12.3. The number of aliphatic hydroxyl groups excluding tert-OH is 1. The van der Waals surface area contributed by atoms with E-state index in [1.54, 1.807) is 0 Å². The standard InChI is InChI=1S/C20H42O2Si/c1-19(22-23(5,6)20(2,3)4)17-15-13-11-9-7-8-10-12-14-16-18-21/h14,16,19,21H,7-13,15,17-18H2,1-6H3/b16-14+/t19-/m1/s1. The highest BCUT2D eigenvalue weighted by Crippen LogP contribution is 2.37. The summed E-state index contributed by atoms with van der Waals surface area (Å²) in [4.78, 5) is 0. The average Bonchev–Trinajstić information content (AvgIpc) is 2.43. The summed E-state index contributed by atoms with van der Waals surface area (Å²) in [6, 6.07) is 0. The van der Waals surface area contributed by atoms with Crippen LogP contribution in [0.5, 0.6) is 0 Å². The quantitative estimate of drug-likeness (QED) is 0.236. The van der Waals surface area contributed by atoms with Crippen LogP contribution in [-0.2, 0) is 4.43 Å². The van der Waals surface area contributed by atoms with Crippen LogP contribution in [0, 0.1) is 0 Å². The predicted octanol–water partition coefficient (Wildman–Crippen LogP) is 6.46. The zero-order valence-corrected chi connectivity index (χ0v) is 17.7. The van der Waals surface area contributed by atoms with E-state index in [9.17, 15) is 0 Å². The third-order valence-electron chi connectivity index (χ3n) is 5.06. The van der Waals surface area contributed by atoms with Crippen LogP contribution in [0.3, 0.4) is 0 Å². The fourth-order valence-corrected chi connectivity index (χ4v) is 3.99. The molecule has 2 nitrogen and oxygen atoms in total. The predicted molar refractivity (Wildman–Crippen MR) is 106 cm³/mol. The fraction of sp³-hybridized carbons (Fsp3) is 0.900. The van der Waals surface area contributed by atoms with Crippen LogP contribution in [0.15, 0.2) is 12.2 Å². The number of hydrogen-bond acceptors (Lipinski definition) is 2. The van der Waals surface area contributed by atoms with Crippen LogP contribution in [-0.4, -0.2) is 26.1 Å². The average molecular weight is 343 g/mol. The molecule has 0 aliphatic rings. The topological polar surface area (TPSA) is 29.5 Å². The van der Waals surface area contributed by atoms with Crippen molar-refractivity contribution in [1.29, 1.82) is 0 Å². The first kappa shape index (κ1) is 22.9. The first-order chi connectivity index (χ1) is 10.7. The van der Waals surface area contributed by atoms with E-state index in [0.29, 0.717) is 11.1 Å². The fourth-order valence-electron chi connectivity index (χ4n) is 2.51. The summed E-state index contributed by atoms with van der Waals surface area (Å²) < 4.78 is 6.41. The summed E-state index contributed by atoms with van der Waals surface area (Å²) >= 11 is 0. The van der Waals surface area contributed by atoms with Crippen molar-refractivity contribution >= 4 is 8.32 Å². The van der Waals surface area contributed by atoms with E-state index in [1.165, 1.54) is 51.4 Å².